The second kappa shape index (κ2) is 5.07. The van der Waals surface area contributed by atoms with Crippen molar-refractivity contribution in [2.75, 3.05) is 18.1 Å². The third-order valence-corrected chi connectivity index (χ3v) is 4.23. The number of nitrogens with one attached hydrogen (secondary N) is 2. The summed E-state index contributed by atoms with van der Waals surface area (Å²) in [7, 11) is -3.35. The van der Waals surface area contributed by atoms with Gasteiger partial charge in [0.25, 0.3) is 0 Å². The molecule has 18 heavy (non-hydrogen) atoms. The fourth-order valence-corrected chi connectivity index (χ4v) is 3.23. The fourth-order valence-electron chi connectivity index (χ4n) is 2.11. The van der Waals surface area contributed by atoms with Crippen molar-refractivity contribution in [1.29, 1.82) is 0 Å². The predicted octanol–water partition coefficient (Wildman–Crippen LogP) is 0.162. The largest absolute Gasteiger partial charge is 0.310 e. The van der Waals surface area contributed by atoms with Crippen LogP contribution in [0.5, 0.6) is 0 Å². The highest BCUT2D eigenvalue weighted by Crippen LogP contribution is 2.20. The number of amides is 1. The molecule has 0 saturated carbocycles. The van der Waals surface area contributed by atoms with Crippen LogP contribution in [-0.4, -0.2) is 47.7 Å². The van der Waals surface area contributed by atoms with Gasteiger partial charge < -0.3 is 5.32 Å². The van der Waals surface area contributed by atoms with E-state index < -0.39 is 16.1 Å². The number of rotatable bonds is 3. The van der Waals surface area contributed by atoms with Crippen molar-refractivity contribution in [3.8, 4) is 0 Å². The van der Waals surface area contributed by atoms with E-state index in [1.807, 2.05) is 0 Å². The van der Waals surface area contributed by atoms with E-state index in [1.54, 1.807) is 6.07 Å². The van der Waals surface area contributed by atoms with Gasteiger partial charge in [-0.05, 0) is 12.8 Å². The van der Waals surface area contributed by atoms with Crippen molar-refractivity contribution in [2.24, 2.45) is 0 Å². The Hall–Kier alpha value is -1.41. The Bertz CT molecular complexity index is 511. The second-order valence-corrected chi connectivity index (χ2v) is 6.28. The molecule has 2 N–H and O–H groups in total. The van der Waals surface area contributed by atoms with Crippen molar-refractivity contribution in [3.63, 3.8) is 0 Å². The summed E-state index contributed by atoms with van der Waals surface area (Å²) in [6.45, 7) is 0.403. The Labute approximate surface area is 106 Å². The first kappa shape index (κ1) is 13.0. The van der Waals surface area contributed by atoms with Crippen LogP contribution in [0.15, 0.2) is 12.3 Å². The molecule has 0 radical (unpaired) electrons. The molecule has 0 aromatic carbocycles. The number of nitrogens with zero attached hydrogens (tertiary/aromatic N) is 2. The Morgan fingerprint density at radius 1 is 1.56 bits per heavy atom. The van der Waals surface area contributed by atoms with Crippen LogP contribution in [0, 0.1) is 0 Å². The molecule has 0 spiro atoms. The molecule has 1 atom stereocenters. The van der Waals surface area contributed by atoms with Gasteiger partial charge in [-0.15, -0.1) is 0 Å². The van der Waals surface area contributed by atoms with Crippen molar-refractivity contribution >= 4 is 21.7 Å². The summed E-state index contributed by atoms with van der Waals surface area (Å²) in [6.07, 6.45) is 4.85. The van der Waals surface area contributed by atoms with Crippen molar-refractivity contribution in [2.45, 2.75) is 25.3 Å². The number of anilines is 1. The first-order valence-electron chi connectivity index (χ1n) is 5.75. The van der Waals surface area contributed by atoms with Gasteiger partial charge in [0, 0.05) is 12.6 Å². The summed E-state index contributed by atoms with van der Waals surface area (Å²) in [6, 6.07) is 0.989. The molecule has 1 aromatic rings. The maximum Gasteiger partial charge on any atom is 0.243 e. The fraction of sp³-hybridized carbons (Fsp3) is 0.600. The summed E-state index contributed by atoms with van der Waals surface area (Å²) in [5.74, 6) is 0.156. The zero-order valence-corrected chi connectivity index (χ0v) is 10.9. The van der Waals surface area contributed by atoms with E-state index in [1.165, 1.54) is 10.5 Å². The van der Waals surface area contributed by atoms with E-state index in [0.29, 0.717) is 18.8 Å². The molecular weight excluding hydrogens is 256 g/mol. The Morgan fingerprint density at radius 3 is 2.94 bits per heavy atom. The number of hydrogen-bond acceptors (Lipinski definition) is 4. The normalized spacial score (nSPS) is 21.7. The molecule has 2 rings (SSSR count). The van der Waals surface area contributed by atoms with Gasteiger partial charge in [0.05, 0.1) is 12.5 Å². The molecule has 1 aromatic heterocycles. The van der Waals surface area contributed by atoms with Gasteiger partial charge in [0.15, 0.2) is 0 Å². The minimum atomic E-state index is -3.35. The molecule has 7 nitrogen and oxygen atoms in total. The Kier molecular flexibility index (Phi) is 3.67. The monoisotopic (exact) mass is 272 g/mol. The van der Waals surface area contributed by atoms with Gasteiger partial charge >= 0.3 is 0 Å². The van der Waals surface area contributed by atoms with Crippen LogP contribution in [0.25, 0.3) is 0 Å². The van der Waals surface area contributed by atoms with Gasteiger partial charge in [-0.3, -0.25) is 9.89 Å². The maximum atomic E-state index is 12.1. The number of sulfonamides is 1. The summed E-state index contributed by atoms with van der Waals surface area (Å²) >= 11 is 0. The van der Waals surface area contributed by atoms with E-state index in [4.69, 9.17) is 0 Å². The number of carbonyl (C=O) groups excluding carboxylic acids is 1. The number of H-pyrrole nitrogens is 1. The lowest BCUT2D eigenvalue weighted by atomic mass is 10.0. The van der Waals surface area contributed by atoms with Crippen LogP contribution < -0.4 is 5.32 Å². The standard InChI is InChI=1S/C10H16N4O3S/c1-18(16,17)14-7-3-2-4-8(14)10(15)12-9-5-6-11-13-9/h5-6,8H,2-4,7H2,1H3,(H2,11,12,13,15). The molecule has 1 fully saturated rings. The van der Waals surface area contributed by atoms with Crippen LogP contribution in [0.4, 0.5) is 5.82 Å². The summed E-state index contributed by atoms with van der Waals surface area (Å²) in [4.78, 5) is 12.1. The zero-order valence-electron chi connectivity index (χ0n) is 10.1. The van der Waals surface area contributed by atoms with Crippen molar-refractivity contribution < 1.29 is 13.2 Å². The molecule has 2 heterocycles. The highest BCUT2D eigenvalue weighted by molar-refractivity contribution is 7.88. The molecule has 1 saturated heterocycles. The predicted molar refractivity (Wildman–Crippen MR) is 66.4 cm³/mol. The number of aromatic nitrogens is 2. The highest BCUT2D eigenvalue weighted by atomic mass is 32.2. The van der Waals surface area contributed by atoms with Crippen LogP contribution in [-0.2, 0) is 14.8 Å². The molecule has 1 unspecified atom stereocenters. The zero-order chi connectivity index (χ0) is 13.2. The number of piperidine rings is 1. The topological polar surface area (TPSA) is 95.2 Å². The summed E-state index contributed by atoms with van der Waals surface area (Å²) in [5.41, 5.74) is 0. The minimum absolute atomic E-state index is 0.315. The average Bonchev–Trinajstić information content (AvgIpc) is 2.80. The van der Waals surface area contributed by atoms with Crippen molar-refractivity contribution in [3.05, 3.63) is 12.3 Å². The van der Waals surface area contributed by atoms with Gasteiger partial charge in [-0.1, -0.05) is 6.42 Å². The molecule has 1 amide bonds. The highest BCUT2D eigenvalue weighted by Gasteiger charge is 2.34. The van der Waals surface area contributed by atoms with Gasteiger partial charge in [0.1, 0.15) is 11.9 Å². The van der Waals surface area contributed by atoms with Crippen LogP contribution in [0.3, 0.4) is 0 Å². The first-order chi connectivity index (χ1) is 8.48. The van der Waals surface area contributed by atoms with E-state index in [-0.39, 0.29) is 5.91 Å². The number of hydrogen-bond donors (Lipinski definition) is 2. The van der Waals surface area contributed by atoms with Crippen molar-refractivity contribution in [1.82, 2.24) is 14.5 Å². The van der Waals surface area contributed by atoms with E-state index >= 15 is 0 Å². The quantitative estimate of drug-likeness (QED) is 0.819. The van der Waals surface area contributed by atoms with E-state index in [2.05, 4.69) is 15.5 Å². The van der Waals surface area contributed by atoms with Gasteiger partial charge in [-0.2, -0.15) is 9.40 Å². The lowest BCUT2D eigenvalue weighted by Gasteiger charge is -2.32. The number of aromatic amines is 1. The van der Waals surface area contributed by atoms with Gasteiger partial charge in [0.2, 0.25) is 15.9 Å². The lowest BCUT2D eigenvalue weighted by molar-refractivity contribution is -0.120. The molecule has 100 valence electrons. The Morgan fingerprint density at radius 2 is 2.33 bits per heavy atom. The molecular formula is C10H16N4O3S. The smallest absolute Gasteiger partial charge is 0.243 e. The SMILES string of the molecule is CS(=O)(=O)N1CCCCC1C(=O)Nc1ccn[nH]1. The summed E-state index contributed by atoms with van der Waals surface area (Å²) < 4.78 is 24.5. The third-order valence-electron chi connectivity index (χ3n) is 2.94. The van der Waals surface area contributed by atoms with Gasteiger partial charge in [-0.25, -0.2) is 8.42 Å². The third kappa shape index (κ3) is 2.88. The van der Waals surface area contributed by atoms with Crippen LogP contribution in [0.2, 0.25) is 0 Å². The molecule has 1 aliphatic heterocycles. The van der Waals surface area contributed by atoms with Crippen LogP contribution in [0.1, 0.15) is 19.3 Å². The number of carbonyl (C=O) groups is 1. The average molecular weight is 272 g/mol. The van der Waals surface area contributed by atoms with E-state index in [0.717, 1.165) is 19.1 Å². The first-order valence-corrected chi connectivity index (χ1v) is 7.60. The second-order valence-electron chi connectivity index (χ2n) is 4.34. The Balaban J connectivity index is 2.11. The molecule has 8 heteroatoms. The lowest BCUT2D eigenvalue weighted by Crippen LogP contribution is -2.49. The maximum absolute atomic E-state index is 12.1. The molecule has 1 aliphatic rings. The minimum Gasteiger partial charge on any atom is -0.310 e. The van der Waals surface area contributed by atoms with E-state index in [9.17, 15) is 13.2 Å². The molecule has 0 bridgehead atoms. The van der Waals surface area contributed by atoms with Crippen LogP contribution >= 0.6 is 0 Å². The molecule has 0 aliphatic carbocycles. The summed E-state index contributed by atoms with van der Waals surface area (Å²) in [5, 5.41) is 8.96.